The van der Waals surface area contributed by atoms with Gasteiger partial charge < -0.3 is 19.5 Å². The molecule has 4 heterocycles. The van der Waals surface area contributed by atoms with Crippen molar-refractivity contribution < 1.29 is 14.2 Å². The number of fused-ring (bicyclic) bond motifs is 1. The first-order chi connectivity index (χ1) is 17.2. The number of para-hydroxylation sites is 1. The van der Waals surface area contributed by atoms with Crippen molar-refractivity contribution in [3.63, 3.8) is 0 Å². The zero-order valence-corrected chi connectivity index (χ0v) is 20.3. The van der Waals surface area contributed by atoms with E-state index in [0.29, 0.717) is 11.9 Å². The maximum atomic E-state index is 5.54. The lowest BCUT2D eigenvalue weighted by molar-refractivity contribution is -0.118. The number of likely N-dealkylation sites (tertiary alicyclic amines) is 1. The normalized spacial score (nSPS) is 15.2. The molecule has 0 spiro atoms. The highest BCUT2D eigenvalue weighted by atomic mass is 16.7. The third kappa shape index (κ3) is 4.86. The average molecular weight is 478 g/mol. The molecule has 0 amide bonds. The van der Waals surface area contributed by atoms with E-state index in [1.165, 1.54) is 0 Å². The van der Waals surface area contributed by atoms with Gasteiger partial charge in [0.25, 0.3) is 0 Å². The first-order valence-electron chi connectivity index (χ1n) is 11.7. The Kier molecular flexibility index (Phi) is 6.94. The molecule has 10 nitrogen and oxygen atoms in total. The van der Waals surface area contributed by atoms with E-state index in [4.69, 9.17) is 14.2 Å². The zero-order valence-electron chi connectivity index (χ0n) is 20.3. The maximum Gasteiger partial charge on any atom is 0.180 e. The lowest BCUT2D eigenvalue weighted by Gasteiger charge is -2.33. The van der Waals surface area contributed by atoms with Crippen molar-refractivity contribution >= 4 is 17.2 Å². The molecule has 4 aromatic rings. The van der Waals surface area contributed by atoms with Gasteiger partial charge in [-0.2, -0.15) is 5.10 Å². The van der Waals surface area contributed by atoms with Crippen molar-refractivity contribution in [2.24, 2.45) is 0 Å². The number of hydrogen-bond donors (Lipinski definition) is 1. The average Bonchev–Trinajstić information content (AvgIpc) is 3.58. The fourth-order valence-corrected chi connectivity index (χ4v) is 4.62. The molecule has 1 aliphatic heterocycles. The second-order valence-corrected chi connectivity index (χ2v) is 8.58. The van der Waals surface area contributed by atoms with Crippen molar-refractivity contribution in [3.8, 4) is 17.0 Å². The monoisotopic (exact) mass is 477 g/mol. The molecule has 1 fully saturated rings. The molecule has 0 bridgehead atoms. The van der Waals surface area contributed by atoms with Gasteiger partial charge in [0.2, 0.25) is 0 Å². The Bertz CT molecular complexity index is 1260. The summed E-state index contributed by atoms with van der Waals surface area (Å²) in [5.41, 5.74) is 3.49. The van der Waals surface area contributed by atoms with E-state index >= 15 is 0 Å². The Morgan fingerprint density at radius 3 is 2.63 bits per heavy atom. The Balaban J connectivity index is 1.29. The minimum absolute atomic E-state index is 0.187. The second-order valence-electron chi connectivity index (χ2n) is 8.58. The van der Waals surface area contributed by atoms with E-state index < -0.39 is 0 Å². The molecule has 0 unspecified atom stereocenters. The molecule has 5 rings (SSSR count). The first-order valence-corrected chi connectivity index (χ1v) is 11.7. The molecule has 35 heavy (non-hydrogen) atoms. The Hall–Kier alpha value is -3.47. The Morgan fingerprint density at radius 1 is 1.06 bits per heavy atom. The topological polar surface area (TPSA) is 91.0 Å². The van der Waals surface area contributed by atoms with Crippen LogP contribution in [-0.2, 0) is 9.47 Å². The second kappa shape index (κ2) is 10.4. The SMILES string of the molecule is COc1ccccc1-c1cnc(Nc2cnn(C3CCN(CC(OC)OC)CC3)c2)c2nccn12. The third-order valence-electron chi connectivity index (χ3n) is 6.54. The molecule has 184 valence electrons. The minimum atomic E-state index is -0.187. The van der Waals surface area contributed by atoms with Gasteiger partial charge in [0.15, 0.2) is 17.8 Å². The van der Waals surface area contributed by atoms with Crippen LogP contribution in [0.1, 0.15) is 18.9 Å². The summed E-state index contributed by atoms with van der Waals surface area (Å²) in [7, 11) is 5.03. The standard InChI is InChI=1S/C25H31N7O3/c1-33-22-7-5-4-6-20(22)21-15-27-24(25-26-10-13-31(21)25)29-18-14-28-32(16-18)19-8-11-30(12-9-19)17-23(34-2)35-3/h4-7,10,13-16,19,23H,8-9,11-12,17H2,1-3H3,(H,27,29). The summed E-state index contributed by atoms with van der Waals surface area (Å²) < 4.78 is 20.3. The molecule has 10 heteroatoms. The van der Waals surface area contributed by atoms with Crippen LogP contribution in [0, 0.1) is 0 Å². The van der Waals surface area contributed by atoms with Gasteiger partial charge >= 0.3 is 0 Å². The molecule has 3 aromatic heterocycles. The third-order valence-corrected chi connectivity index (χ3v) is 6.54. The van der Waals surface area contributed by atoms with Gasteiger partial charge in [0, 0.05) is 58.0 Å². The quantitative estimate of drug-likeness (QED) is 0.366. The summed E-state index contributed by atoms with van der Waals surface area (Å²) in [5.74, 6) is 1.46. The van der Waals surface area contributed by atoms with Crippen molar-refractivity contribution in [1.82, 2.24) is 29.0 Å². The number of hydrogen-bond acceptors (Lipinski definition) is 8. The Labute approximate surface area is 204 Å². The van der Waals surface area contributed by atoms with E-state index in [2.05, 4.69) is 30.0 Å². The van der Waals surface area contributed by atoms with E-state index in [1.54, 1.807) is 27.5 Å². The molecule has 1 aliphatic rings. The van der Waals surface area contributed by atoms with Gasteiger partial charge in [-0.15, -0.1) is 0 Å². The number of rotatable bonds is 9. The number of aromatic nitrogens is 5. The van der Waals surface area contributed by atoms with Crippen LogP contribution < -0.4 is 10.1 Å². The number of nitrogens with one attached hydrogen (secondary N) is 1. The molecule has 0 atom stereocenters. The van der Waals surface area contributed by atoms with Crippen LogP contribution in [0.3, 0.4) is 0 Å². The van der Waals surface area contributed by atoms with Crippen LogP contribution in [0.2, 0.25) is 0 Å². The summed E-state index contributed by atoms with van der Waals surface area (Å²) in [6, 6.07) is 8.25. The number of nitrogens with zero attached hydrogens (tertiary/aromatic N) is 6. The summed E-state index contributed by atoms with van der Waals surface area (Å²) in [6.45, 7) is 2.75. The van der Waals surface area contributed by atoms with Crippen LogP contribution in [0.15, 0.2) is 55.2 Å². The fourth-order valence-electron chi connectivity index (χ4n) is 4.62. The predicted molar refractivity (Wildman–Crippen MR) is 133 cm³/mol. The molecule has 1 saturated heterocycles. The van der Waals surface area contributed by atoms with E-state index in [-0.39, 0.29) is 6.29 Å². The minimum Gasteiger partial charge on any atom is -0.496 e. The molecule has 0 saturated carbocycles. The van der Waals surface area contributed by atoms with E-state index in [0.717, 1.165) is 60.8 Å². The predicted octanol–water partition coefficient (Wildman–Crippen LogP) is 3.60. The Morgan fingerprint density at radius 2 is 1.86 bits per heavy atom. The molecule has 0 aliphatic carbocycles. The lowest BCUT2D eigenvalue weighted by atomic mass is 10.1. The summed E-state index contributed by atoms with van der Waals surface area (Å²) >= 11 is 0. The zero-order chi connectivity index (χ0) is 24.2. The maximum absolute atomic E-state index is 5.54. The number of piperidine rings is 1. The van der Waals surface area contributed by atoms with Crippen LogP contribution in [0.25, 0.3) is 16.9 Å². The van der Waals surface area contributed by atoms with Crippen molar-refractivity contribution in [1.29, 1.82) is 0 Å². The summed E-state index contributed by atoms with van der Waals surface area (Å²) in [4.78, 5) is 11.6. The largest absolute Gasteiger partial charge is 0.496 e. The van der Waals surface area contributed by atoms with Crippen LogP contribution in [0.5, 0.6) is 5.75 Å². The highest BCUT2D eigenvalue weighted by molar-refractivity contribution is 5.75. The van der Waals surface area contributed by atoms with E-state index in [1.807, 2.05) is 53.5 Å². The highest BCUT2D eigenvalue weighted by Crippen LogP contribution is 2.31. The van der Waals surface area contributed by atoms with Gasteiger partial charge in [0.1, 0.15) is 5.75 Å². The van der Waals surface area contributed by atoms with Gasteiger partial charge in [-0.1, -0.05) is 12.1 Å². The van der Waals surface area contributed by atoms with Crippen molar-refractivity contribution in [2.75, 3.05) is 46.3 Å². The van der Waals surface area contributed by atoms with E-state index in [9.17, 15) is 0 Å². The fraction of sp³-hybridized carbons (Fsp3) is 0.400. The molecule has 1 aromatic carbocycles. The van der Waals surface area contributed by atoms with Gasteiger partial charge in [-0.3, -0.25) is 14.0 Å². The smallest absolute Gasteiger partial charge is 0.180 e. The van der Waals surface area contributed by atoms with Crippen molar-refractivity contribution in [2.45, 2.75) is 25.2 Å². The van der Waals surface area contributed by atoms with Crippen LogP contribution >= 0.6 is 0 Å². The van der Waals surface area contributed by atoms with Crippen LogP contribution in [0.4, 0.5) is 11.5 Å². The van der Waals surface area contributed by atoms with Gasteiger partial charge in [0.05, 0.1) is 36.9 Å². The number of ether oxygens (including phenoxy) is 3. The molecule has 1 N–H and O–H groups in total. The number of anilines is 2. The van der Waals surface area contributed by atoms with Crippen molar-refractivity contribution in [3.05, 3.63) is 55.2 Å². The number of imidazole rings is 1. The first kappa shape index (κ1) is 23.3. The number of methoxy groups -OCH3 is 3. The van der Waals surface area contributed by atoms with Crippen LogP contribution in [-0.4, -0.2) is 76.3 Å². The van der Waals surface area contributed by atoms with Gasteiger partial charge in [-0.05, 0) is 25.0 Å². The molecular formula is C25H31N7O3. The van der Waals surface area contributed by atoms with Gasteiger partial charge in [-0.25, -0.2) is 9.97 Å². The molecule has 0 radical (unpaired) electrons. The summed E-state index contributed by atoms with van der Waals surface area (Å²) in [5, 5.41) is 8.02. The molecular weight excluding hydrogens is 446 g/mol. The summed E-state index contributed by atoms with van der Waals surface area (Å²) in [6.07, 6.45) is 11.3. The lowest BCUT2D eigenvalue weighted by Crippen LogP contribution is -2.40. The number of benzene rings is 1. The highest BCUT2D eigenvalue weighted by Gasteiger charge is 2.23.